The second-order valence-corrected chi connectivity index (χ2v) is 6.91. The van der Waals surface area contributed by atoms with Crippen LogP contribution in [-0.4, -0.2) is 51.2 Å². The summed E-state index contributed by atoms with van der Waals surface area (Å²) >= 11 is 0. The first-order valence-corrected chi connectivity index (χ1v) is 8.96. The Bertz CT molecular complexity index is 740. The lowest BCUT2D eigenvalue weighted by atomic mass is 9.92. The molecule has 0 spiro atoms. The van der Waals surface area contributed by atoms with Crippen molar-refractivity contribution in [1.29, 1.82) is 0 Å². The van der Waals surface area contributed by atoms with Gasteiger partial charge in [-0.1, -0.05) is 6.07 Å². The first-order chi connectivity index (χ1) is 12.5. The van der Waals surface area contributed by atoms with Gasteiger partial charge in [0.1, 0.15) is 12.1 Å². The Kier molecular flexibility index (Phi) is 5.78. The van der Waals surface area contributed by atoms with Gasteiger partial charge in [-0.15, -0.1) is 0 Å². The number of nitrogens with one attached hydrogen (secondary N) is 1. The number of anilines is 1. The summed E-state index contributed by atoms with van der Waals surface area (Å²) in [6.45, 7) is 3.46. The van der Waals surface area contributed by atoms with E-state index in [-0.39, 0.29) is 12.5 Å². The van der Waals surface area contributed by atoms with Crippen LogP contribution in [0.3, 0.4) is 0 Å². The van der Waals surface area contributed by atoms with Crippen LogP contribution in [0, 0.1) is 6.92 Å². The zero-order valence-electron chi connectivity index (χ0n) is 15.1. The number of aryl methyl sites for hydroxylation is 2. The summed E-state index contributed by atoms with van der Waals surface area (Å²) in [6, 6.07) is 5.73. The predicted molar refractivity (Wildman–Crippen MR) is 98.7 cm³/mol. The van der Waals surface area contributed by atoms with Gasteiger partial charge in [0.2, 0.25) is 5.91 Å². The Labute approximate surface area is 153 Å². The Hall–Kier alpha value is -2.54. The molecule has 1 fully saturated rings. The summed E-state index contributed by atoms with van der Waals surface area (Å²) in [7, 11) is 0. The van der Waals surface area contributed by atoms with Gasteiger partial charge >= 0.3 is 0 Å². The van der Waals surface area contributed by atoms with E-state index in [9.17, 15) is 9.90 Å². The quantitative estimate of drug-likeness (QED) is 0.811. The summed E-state index contributed by atoms with van der Waals surface area (Å²) < 4.78 is 0. The van der Waals surface area contributed by atoms with Gasteiger partial charge in [-0.2, -0.15) is 0 Å². The molecule has 0 bridgehead atoms. The Morgan fingerprint density at radius 3 is 3.08 bits per heavy atom. The Morgan fingerprint density at radius 1 is 1.42 bits per heavy atom. The zero-order chi connectivity index (χ0) is 18.4. The molecular formula is C19H25N5O2. The zero-order valence-corrected chi connectivity index (χ0v) is 15.1. The third-order valence-corrected chi connectivity index (χ3v) is 4.65. The van der Waals surface area contributed by atoms with Crippen LogP contribution in [0.5, 0.6) is 0 Å². The fraction of sp³-hybridized carbons (Fsp3) is 0.474. The maximum absolute atomic E-state index is 12.1. The lowest BCUT2D eigenvalue weighted by molar-refractivity contribution is -0.122. The molecule has 7 nitrogen and oxygen atoms in total. The summed E-state index contributed by atoms with van der Waals surface area (Å²) in [5, 5.41) is 13.8. The molecule has 138 valence electrons. The van der Waals surface area contributed by atoms with Crippen molar-refractivity contribution in [2.75, 3.05) is 24.5 Å². The summed E-state index contributed by atoms with van der Waals surface area (Å²) in [6.07, 6.45) is 7.57. The second-order valence-electron chi connectivity index (χ2n) is 6.91. The molecule has 2 N–H and O–H groups in total. The molecule has 0 radical (unpaired) electrons. The molecule has 1 saturated heterocycles. The van der Waals surface area contributed by atoms with E-state index in [1.165, 1.54) is 0 Å². The van der Waals surface area contributed by atoms with Gasteiger partial charge in [0, 0.05) is 50.2 Å². The third-order valence-electron chi connectivity index (χ3n) is 4.65. The number of rotatable bonds is 6. The molecule has 0 unspecified atom stereocenters. The number of aromatic nitrogens is 3. The maximum Gasteiger partial charge on any atom is 0.220 e. The molecule has 1 aliphatic rings. The molecule has 0 aliphatic carbocycles. The first-order valence-electron chi connectivity index (χ1n) is 8.96. The van der Waals surface area contributed by atoms with Crippen LogP contribution >= 0.6 is 0 Å². The number of hydrogen-bond acceptors (Lipinski definition) is 6. The Morgan fingerprint density at radius 2 is 2.31 bits per heavy atom. The largest absolute Gasteiger partial charge is 0.386 e. The monoisotopic (exact) mass is 355 g/mol. The van der Waals surface area contributed by atoms with Gasteiger partial charge < -0.3 is 15.3 Å². The second kappa shape index (κ2) is 8.23. The van der Waals surface area contributed by atoms with Crippen molar-refractivity contribution in [3.05, 3.63) is 48.2 Å². The van der Waals surface area contributed by atoms with Crippen molar-refractivity contribution in [3.63, 3.8) is 0 Å². The molecule has 1 atom stereocenters. The maximum atomic E-state index is 12.1. The lowest BCUT2D eigenvalue weighted by Gasteiger charge is -2.39. The molecule has 3 rings (SSSR count). The van der Waals surface area contributed by atoms with Crippen LogP contribution in [0.4, 0.5) is 5.82 Å². The Balaban J connectivity index is 1.51. The van der Waals surface area contributed by atoms with Crippen molar-refractivity contribution >= 4 is 11.7 Å². The van der Waals surface area contributed by atoms with Crippen LogP contribution in [0.25, 0.3) is 0 Å². The molecule has 2 aromatic heterocycles. The molecule has 1 aliphatic heterocycles. The molecule has 2 aromatic rings. The number of aliphatic hydroxyl groups is 1. The first kappa shape index (κ1) is 18.3. The van der Waals surface area contributed by atoms with E-state index in [4.69, 9.17) is 0 Å². The number of piperidine rings is 1. The van der Waals surface area contributed by atoms with Crippen LogP contribution < -0.4 is 10.2 Å². The van der Waals surface area contributed by atoms with Gasteiger partial charge in [-0.3, -0.25) is 9.78 Å². The average molecular weight is 355 g/mol. The van der Waals surface area contributed by atoms with Crippen molar-refractivity contribution in [3.8, 4) is 0 Å². The number of carbonyl (C=O) groups excluding carboxylic acids is 1. The highest BCUT2D eigenvalue weighted by molar-refractivity contribution is 5.76. The molecule has 7 heteroatoms. The molecule has 3 heterocycles. The van der Waals surface area contributed by atoms with Crippen LogP contribution in [0.1, 0.15) is 30.5 Å². The minimum atomic E-state index is -0.943. The minimum Gasteiger partial charge on any atom is -0.386 e. The van der Waals surface area contributed by atoms with Crippen molar-refractivity contribution < 1.29 is 9.90 Å². The lowest BCUT2D eigenvalue weighted by Crippen LogP contribution is -2.54. The van der Waals surface area contributed by atoms with Gasteiger partial charge in [-0.05, 0) is 37.8 Å². The van der Waals surface area contributed by atoms with E-state index in [1.807, 2.05) is 25.1 Å². The van der Waals surface area contributed by atoms with E-state index in [1.54, 1.807) is 18.7 Å². The smallest absolute Gasteiger partial charge is 0.220 e. The van der Waals surface area contributed by atoms with E-state index in [2.05, 4.69) is 25.2 Å². The fourth-order valence-corrected chi connectivity index (χ4v) is 3.22. The SMILES string of the molecule is Cc1cc(N2CCC[C@](O)(CNC(=O)CCc3cccnc3)C2)ncn1. The number of β-amino-alcohol motifs (C(OH)–C–C–N with tert-alkyl or cyclic N) is 1. The highest BCUT2D eigenvalue weighted by Gasteiger charge is 2.34. The minimum absolute atomic E-state index is 0.0581. The average Bonchev–Trinajstić information content (AvgIpc) is 2.66. The molecular weight excluding hydrogens is 330 g/mol. The standard InChI is InChI=1S/C19H25N5O2/c1-15-10-17(23-14-22-15)24-9-3-7-19(26,13-24)12-21-18(25)6-5-16-4-2-8-20-11-16/h2,4,8,10-11,14,26H,3,5-7,9,12-13H2,1H3,(H,21,25)/t19-/m0/s1. The highest BCUT2D eigenvalue weighted by Crippen LogP contribution is 2.24. The molecule has 1 amide bonds. The molecule has 26 heavy (non-hydrogen) atoms. The van der Waals surface area contributed by atoms with Gasteiger partial charge in [0.05, 0.1) is 5.60 Å². The molecule has 0 aromatic carbocycles. The number of nitrogens with zero attached hydrogens (tertiary/aromatic N) is 4. The van der Waals surface area contributed by atoms with Crippen molar-refractivity contribution in [2.45, 2.75) is 38.2 Å². The number of carbonyl (C=O) groups is 1. The number of amides is 1. The van der Waals surface area contributed by atoms with Gasteiger partial charge in [-0.25, -0.2) is 9.97 Å². The van der Waals surface area contributed by atoms with Crippen molar-refractivity contribution in [2.24, 2.45) is 0 Å². The van der Waals surface area contributed by atoms with E-state index >= 15 is 0 Å². The van der Waals surface area contributed by atoms with Crippen LogP contribution in [0.2, 0.25) is 0 Å². The van der Waals surface area contributed by atoms with E-state index in [0.717, 1.165) is 30.0 Å². The fourth-order valence-electron chi connectivity index (χ4n) is 3.22. The number of hydrogen-bond donors (Lipinski definition) is 2. The van der Waals surface area contributed by atoms with E-state index < -0.39 is 5.60 Å². The summed E-state index contributed by atoms with van der Waals surface area (Å²) in [5.41, 5.74) is 0.985. The van der Waals surface area contributed by atoms with Crippen LogP contribution in [-0.2, 0) is 11.2 Å². The van der Waals surface area contributed by atoms with Crippen molar-refractivity contribution in [1.82, 2.24) is 20.3 Å². The topological polar surface area (TPSA) is 91.2 Å². The predicted octanol–water partition coefficient (Wildman–Crippen LogP) is 1.26. The molecule has 0 saturated carbocycles. The third kappa shape index (κ3) is 4.98. The number of pyridine rings is 1. The summed E-state index contributed by atoms with van der Waals surface area (Å²) in [5.74, 6) is 0.760. The van der Waals surface area contributed by atoms with Crippen LogP contribution in [0.15, 0.2) is 36.9 Å². The summed E-state index contributed by atoms with van der Waals surface area (Å²) in [4.78, 5) is 26.6. The van der Waals surface area contributed by atoms with Gasteiger partial charge in [0.25, 0.3) is 0 Å². The van der Waals surface area contributed by atoms with E-state index in [0.29, 0.717) is 25.8 Å². The van der Waals surface area contributed by atoms with Gasteiger partial charge in [0.15, 0.2) is 0 Å². The normalized spacial score (nSPS) is 20.0. The highest BCUT2D eigenvalue weighted by atomic mass is 16.3.